The first-order valence-electron chi connectivity index (χ1n) is 7.34. The Labute approximate surface area is 137 Å². The Balaban J connectivity index is 1.68. The van der Waals surface area contributed by atoms with Crippen LogP contribution in [0.15, 0.2) is 62.6 Å². The van der Waals surface area contributed by atoms with Gasteiger partial charge in [0.25, 0.3) is 10.0 Å². The molecule has 1 aliphatic heterocycles. The van der Waals surface area contributed by atoms with E-state index in [1.165, 1.54) is 12.1 Å². The molecule has 1 aliphatic rings. The fourth-order valence-corrected chi connectivity index (χ4v) is 3.78. The summed E-state index contributed by atoms with van der Waals surface area (Å²) in [5.41, 5.74) is 1.24. The van der Waals surface area contributed by atoms with Crippen LogP contribution in [0, 0.1) is 0 Å². The summed E-state index contributed by atoms with van der Waals surface area (Å²) in [6.07, 6.45) is 0.702. The summed E-state index contributed by atoms with van der Waals surface area (Å²) in [6, 6.07) is 12.4. The third-order valence-corrected chi connectivity index (χ3v) is 5.22. The van der Waals surface area contributed by atoms with Gasteiger partial charge in [0.2, 0.25) is 0 Å². The van der Waals surface area contributed by atoms with Crippen LogP contribution in [0.25, 0.3) is 11.0 Å². The molecule has 0 aliphatic carbocycles. The lowest BCUT2D eigenvalue weighted by atomic mass is 10.2. The van der Waals surface area contributed by atoms with Crippen LogP contribution in [0.1, 0.15) is 5.56 Å². The average molecular weight is 343 g/mol. The van der Waals surface area contributed by atoms with Crippen molar-refractivity contribution in [2.75, 3.05) is 11.3 Å². The lowest BCUT2D eigenvalue weighted by Gasteiger charge is -2.09. The summed E-state index contributed by atoms with van der Waals surface area (Å²) in [7, 11) is -3.71. The van der Waals surface area contributed by atoms with E-state index >= 15 is 0 Å². The zero-order valence-corrected chi connectivity index (χ0v) is 13.3. The molecule has 6 nitrogen and oxygen atoms in total. The summed E-state index contributed by atoms with van der Waals surface area (Å²) < 4.78 is 38.1. The number of nitrogens with one attached hydrogen (secondary N) is 1. The number of hydrogen-bond donors (Lipinski definition) is 1. The van der Waals surface area contributed by atoms with E-state index in [0.29, 0.717) is 29.7 Å². The summed E-state index contributed by atoms with van der Waals surface area (Å²) in [6.45, 7) is 0.572. The normalized spacial score (nSPS) is 13.5. The first-order chi connectivity index (χ1) is 11.5. The van der Waals surface area contributed by atoms with Crippen molar-refractivity contribution in [2.24, 2.45) is 0 Å². The second-order valence-corrected chi connectivity index (χ2v) is 7.16. The molecular weight excluding hydrogens is 330 g/mol. The van der Waals surface area contributed by atoms with E-state index in [9.17, 15) is 13.2 Å². The van der Waals surface area contributed by atoms with Gasteiger partial charge in [0.15, 0.2) is 0 Å². The fraction of sp³-hybridized carbons (Fsp3) is 0.118. The maximum absolute atomic E-state index is 12.6. The van der Waals surface area contributed by atoms with E-state index in [4.69, 9.17) is 9.15 Å². The van der Waals surface area contributed by atoms with Crippen molar-refractivity contribution in [3.63, 3.8) is 0 Å². The highest BCUT2D eigenvalue weighted by molar-refractivity contribution is 7.92. The molecule has 7 heteroatoms. The molecule has 0 saturated carbocycles. The smallest absolute Gasteiger partial charge is 0.336 e. The minimum atomic E-state index is -3.71. The van der Waals surface area contributed by atoms with Gasteiger partial charge in [-0.25, -0.2) is 13.2 Å². The second-order valence-electron chi connectivity index (χ2n) is 5.48. The van der Waals surface area contributed by atoms with Gasteiger partial charge >= 0.3 is 5.63 Å². The van der Waals surface area contributed by atoms with E-state index in [1.54, 1.807) is 36.4 Å². The molecule has 24 heavy (non-hydrogen) atoms. The summed E-state index contributed by atoms with van der Waals surface area (Å²) >= 11 is 0. The molecule has 2 heterocycles. The van der Waals surface area contributed by atoms with Crippen molar-refractivity contribution >= 4 is 26.7 Å². The minimum Gasteiger partial charge on any atom is -0.493 e. The molecule has 2 aromatic carbocycles. The highest BCUT2D eigenvalue weighted by atomic mass is 32.2. The number of anilines is 1. The predicted octanol–water partition coefficient (Wildman–Crippen LogP) is 2.53. The SMILES string of the molecule is O=c1ccc2cc(NS(=O)(=O)c3ccc4c(c3)CCO4)ccc2o1. The lowest BCUT2D eigenvalue weighted by molar-refractivity contribution is 0.356. The summed E-state index contributed by atoms with van der Waals surface area (Å²) in [5, 5.41) is 0.636. The van der Waals surface area contributed by atoms with Gasteiger partial charge in [-0.3, -0.25) is 4.72 Å². The third kappa shape index (κ3) is 2.63. The monoisotopic (exact) mass is 343 g/mol. The second kappa shape index (κ2) is 5.38. The first kappa shape index (κ1) is 14.8. The van der Waals surface area contributed by atoms with E-state index in [2.05, 4.69) is 4.72 Å². The topological polar surface area (TPSA) is 85.6 Å². The predicted molar refractivity (Wildman–Crippen MR) is 88.9 cm³/mol. The van der Waals surface area contributed by atoms with Crippen molar-refractivity contribution < 1.29 is 17.6 Å². The number of rotatable bonds is 3. The van der Waals surface area contributed by atoms with Crippen LogP contribution in [0.3, 0.4) is 0 Å². The molecule has 4 rings (SSSR count). The van der Waals surface area contributed by atoms with Crippen molar-refractivity contribution in [1.82, 2.24) is 0 Å². The number of sulfonamides is 1. The van der Waals surface area contributed by atoms with Crippen LogP contribution in [0.2, 0.25) is 0 Å². The van der Waals surface area contributed by atoms with Gasteiger partial charge < -0.3 is 9.15 Å². The Hall–Kier alpha value is -2.80. The zero-order chi connectivity index (χ0) is 16.7. The molecule has 1 aromatic heterocycles. The minimum absolute atomic E-state index is 0.187. The molecule has 3 aromatic rings. The molecule has 122 valence electrons. The maximum atomic E-state index is 12.6. The molecule has 1 N–H and O–H groups in total. The van der Waals surface area contributed by atoms with Gasteiger partial charge in [0.1, 0.15) is 11.3 Å². The van der Waals surface area contributed by atoms with Crippen molar-refractivity contribution in [3.05, 3.63) is 64.5 Å². The first-order valence-corrected chi connectivity index (χ1v) is 8.82. The van der Waals surface area contributed by atoms with Gasteiger partial charge in [-0.05, 0) is 48.0 Å². The highest BCUT2D eigenvalue weighted by Gasteiger charge is 2.19. The van der Waals surface area contributed by atoms with Gasteiger partial charge in [0.05, 0.1) is 11.5 Å². The zero-order valence-electron chi connectivity index (χ0n) is 12.5. The van der Waals surface area contributed by atoms with Crippen molar-refractivity contribution in [2.45, 2.75) is 11.3 Å². The summed E-state index contributed by atoms with van der Waals surface area (Å²) in [4.78, 5) is 11.4. The van der Waals surface area contributed by atoms with Crippen molar-refractivity contribution in [1.29, 1.82) is 0 Å². The van der Waals surface area contributed by atoms with Crippen LogP contribution in [0.4, 0.5) is 5.69 Å². The fourth-order valence-electron chi connectivity index (χ4n) is 2.68. The van der Waals surface area contributed by atoms with Gasteiger partial charge in [0, 0.05) is 23.6 Å². The molecule has 0 radical (unpaired) electrons. The number of hydrogen-bond acceptors (Lipinski definition) is 5. The van der Waals surface area contributed by atoms with Crippen LogP contribution in [-0.4, -0.2) is 15.0 Å². The number of ether oxygens (including phenoxy) is 1. The van der Waals surface area contributed by atoms with E-state index in [1.807, 2.05) is 0 Å². The number of fused-ring (bicyclic) bond motifs is 2. The Morgan fingerprint density at radius 2 is 1.88 bits per heavy atom. The average Bonchev–Trinajstić information content (AvgIpc) is 3.02. The van der Waals surface area contributed by atoms with E-state index in [-0.39, 0.29) is 4.90 Å². The highest BCUT2D eigenvalue weighted by Crippen LogP contribution is 2.28. The third-order valence-electron chi connectivity index (χ3n) is 3.84. The Bertz CT molecular complexity index is 1100. The van der Waals surface area contributed by atoms with Crippen LogP contribution in [-0.2, 0) is 16.4 Å². The Kier molecular flexibility index (Phi) is 3.31. The van der Waals surface area contributed by atoms with Gasteiger partial charge in [-0.1, -0.05) is 0 Å². The Morgan fingerprint density at radius 1 is 1.00 bits per heavy atom. The Morgan fingerprint density at radius 3 is 2.75 bits per heavy atom. The molecule has 0 fully saturated rings. The van der Waals surface area contributed by atoms with Crippen LogP contribution >= 0.6 is 0 Å². The molecule has 0 spiro atoms. The van der Waals surface area contributed by atoms with Gasteiger partial charge in [-0.2, -0.15) is 0 Å². The van der Waals surface area contributed by atoms with Crippen LogP contribution < -0.4 is 15.1 Å². The molecule has 0 saturated heterocycles. The number of benzene rings is 2. The molecule has 0 amide bonds. The largest absolute Gasteiger partial charge is 0.493 e. The lowest BCUT2D eigenvalue weighted by Crippen LogP contribution is -2.13. The molecular formula is C17H13NO5S. The summed E-state index contributed by atoms with van der Waals surface area (Å²) in [5.74, 6) is 0.731. The standard InChI is InChI=1S/C17H13NO5S/c19-17-6-1-11-9-13(2-4-16(11)23-17)18-24(20,21)14-3-5-15-12(10-14)7-8-22-15/h1-6,9-10,18H,7-8H2. The van der Waals surface area contributed by atoms with Crippen LogP contribution in [0.5, 0.6) is 5.75 Å². The molecule has 0 unspecified atom stereocenters. The molecule has 0 bridgehead atoms. The van der Waals surface area contributed by atoms with E-state index in [0.717, 1.165) is 11.3 Å². The maximum Gasteiger partial charge on any atom is 0.336 e. The van der Waals surface area contributed by atoms with Gasteiger partial charge in [-0.15, -0.1) is 0 Å². The quantitative estimate of drug-likeness (QED) is 0.739. The molecule has 0 atom stereocenters. The van der Waals surface area contributed by atoms with Crippen molar-refractivity contribution in [3.8, 4) is 5.75 Å². The van der Waals surface area contributed by atoms with E-state index < -0.39 is 15.6 Å².